The van der Waals surface area contributed by atoms with Crippen molar-refractivity contribution in [1.29, 1.82) is 0 Å². The molecule has 114 valence electrons. The van der Waals surface area contributed by atoms with E-state index in [0.29, 0.717) is 12.8 Å². The lowest BCUT2D eigenvalue weighted by Gasteiger charge is -2.23. The third-order valence-corrected chi connectivity index (χ3v) is 5.20. The fourth-order valence-electron chi connectivity index (χ4n) is 2.10. The second-order valence-corrected chi connectivity index (χ2v) is 7.30. The Morgan fingerprint density at radius 3 is 2.86 bits per heavy atom. The van der Waals surface area contributed by atoms with Crippen LogP contribution in [0.4, 0.5) is 5.69 Å². The first-order chi connectivity index (χ1) is 9.78. The number of aromatic nitrogens is 1. The molecule has 1 aromatic rings. The Balaban J connectivity index is 2.17. The molecule has 2 rings (SSSR count). The van der Waals surface area contributed by atoms with Crippen LogP contribution in [0.2, 0.25) is 5.15 Å². The van der Waals surface area contributed by atoms with Gasteiger partial charge in [-0.15, -0.1) is 0 Å². The van der Waals surface area contributed by atoms with Gasteiger partial charge in [0.25, 0.3) is 11.6 Å². The van der Waals surface area contributed by atoms with Crippen molar-refractivity contribution in [2.24, 2.45) is 0 Å². The van der Waals surface area contributed by atoms with Crippen LogP contribution in [0.25, 0.3) is 0 Å². The molecule has 1 atom stereocenters. The number of nitro groups is 1. The number of nitrogens with one attached hydrogen (secondary N) is 1. The van der Waals surface area contributed by atoms with Crippen LogP contribution in [0.3, 0.4) is 0 Å². The van der Waals surface area contributed by atoms with E-state index in [1.807, 2.05) is 0 Å². The number of pyridine rings is 1. The molecular weight excluding hydrogens is 322 g/mol. The molecule has 2 heterocycles. The van der Waals surface area contributed by atoms with E-state index in [2.05, 4.69) is 10.3 Å². The van der Waals surface area contributed by atoms with Gasteiger partial charge in [0.15, 0.2) is 9.84 Å². The highest BCUT2D eigenvalue weighted by atomic mass is 35.5. The summed E-state index contributed by atoms with van der Waals surface area (Å²) < 4.78 is 23.0. The van der Waals surface area contributed by atoms with Gasteiger partial charge in [0, 0.05) is 12.1 Å². The first-order valence-corrected chi connectivity index (χ1v) is 8.29. The lowest BCUT2D eigenvalue weighted by atomic mass is 10.1. The normalized spacial score (nSPS) is 20.7. The number of amides is 1. The van der Waals surface area contributed by atoms with Crippen LogP contribution < -0.4 is 5.32 Å². The van der Waals surface area contributed by atoms with E-state index in [0.717, 1.165) is 12.3 Å². The van der Waals surface area contributed by atoms with Crippen LogP contribution >= 0.6 is 11.6 Å². The average molecular weight is 334 g/mol. The Morgan fingerprint density at radius 1 is 1.52 bits per heavy atom. The van der Waals surface area contributed by atoms with Crippen molar-refractivity contribution in [3.8, 4) is 0 Å². The van der Waals surface area contributed by atoms with Gasteiger partial charge in [0.05, 0.1) is 22.0 Å². The maximum Gasteiger partial charge on any atom is 0.288 e. The number of halogens is 1. The molecule has 1 saturated heterocycles. The van der Waals surface area contributed by atoms with Gasteiger partial charge in [-0.2, -0.15) is 0 Å². The third kappa shape index (κ3) is 3.88. The van der Waals surface area contributed by atoms with Crippen LogP contribution in [0.1, 0.15) is 23.2 Å². The summed E-state index contributed by atoms with van der Waals surface area (Å²) in [5.74, 6) is -0.699. The summed E-state index contributed by atoms with van der Waals surface area (Å²) in [5.41, 5.74) is -0.505. The van der Waals surface area contributed by atoms with Crippen molar-refractivity contribution >= 4 is 33.0 Å². The monoisotopic (exact) mass is 333 g/mol. The van der Waals surface area contributed by atoms with Gasteiger partial charge in [-0.05, 0) is 12.8 Å². The lowest BCUT2D eigenvalue weighted by Crippen LogP contribution is -2.43. The summed E-state index contributed by atoms with van der Waals surface area (Å²) in [6.45, 7) is 0. The maximum atomic E-state index is 12.1. The number of nitrogens with zero attached hydrogens (tertiary/aromatic N) is 2. The minimum absolute atomic E-state index is 0.110. The Kier molecular flexibility index (Phi) is 4.43. The zero-order valence-electron chi connectivity index (χ0n) is 10.8. The number of hydrogen-bond acceptors (Lipinski definition) is 6. The number of rotatable bonds is 3. The van der Waals surface area contributed by atoms with E-state index < -0.39 is 26.7 Å². The first-order valence-electron chi connectivity index (χ1n) is 6.10. The van der Waals surface area contributed by atoms with Crippen LogP contribution in [-0.2, 0) is 9.84 Å². The molecular formula is C11H12ClN3O5S. The summed E-state index contributed by atoms with van der Waals surface area (Å²) in [4.78, 5) is 25.6. The molecule has 1 aromatic heterocycles. The van der Waals surface area contributed by atoms with Crippen LogP contribution in [-0.4, -0.2) is 41.8 Å². The molecule has 0 spiro atoms. The van der Waals surface area contributed by atoms with Gasteiger partial charge in [0.2, 0.25) is 0 Å². The van der Waals surface area contributed by atoms with E-state index in [4.69, 9.17) is 11.6 Å². The second kappa shape index (κ2) is 5.94. The smallest absolute Gasteiger partial charge is 0.288 e. The van der Waals surface area contributed by atoms with Crippen molar-refractivity contribution in [1.82, 2.24) is 10.3 Å². The van der Waals surface area contributed by atoms with Crippen molar-refractivity contribution in [2.45, 2.75) is 18.9 Å². The Morgan fingerprint density at radius 2 is 2.24 bits per heavy atom. The van der Waals surface area contributed by atoms with E-state index >= 15 is 0 Å². The first kappa shape index (κ1) is 15.6. The summed E-state index contributed by atoms with van der Waals surface area (Å²) in [6.07, 6.45) is 1.95. The molecule has 1 N–H and O–H groups in total. The van der Waals surface area contributed by atoms with Crippen molar-refractivity contribution in [2.75, 3.05) is 11.5 Å². The van der Waals surface area contributed by atoms with E-state index in [9.17, 15) is 23.3 Å². The van der Waals surface area contributed by atoms with E-state index in [1.54, 1.807) is 0 Å². The molecule has 1 aliphatic heterocycles. The molecule has 1 amide bonds. The molecule has 1 unspecified atom stereocenters. The van der Waals surface area contributed by atoms with Gasteiger partial charge in [-0.25, -0.2) is 13.4 Å². The second-order valence-electron chi connectivity index (χ2n) is 4.72. The summed E-state index contributed by atoms with van der Waals surface area (Å²) >= 11 is 5.76. The molecule has 21 heavy (non-hydrogen) atoms. The number of carbonyl (C=O) groups excluding carboxylic acids is 1. The third-order valence-electron chi connectivity index (χ3n) is 3.08. The van der Waals surface area contributed by atoms with Crippen molar-refractivity contribution in [3.63, 3.8) is 0 Å². The summed E-state index contributed by atoms with van der Waals surface area (Å²) in [5, 5.41) is 13.0. The van der Waals surface area contributed by atoms with Crippen molar-refractivity contribution < 1.29 is 18.1 Å². The van der Waals surface area contributed by atoms with Crippen molar-refractivity contribution in [3.05, 3.63) is 33.1 Å². The van der Waals surface area contributed by atoms with Crippen LogP contribution in [0.5, 0.6) is 0 Å². The number of sulfone groups is 1. The van der Waals surface area contributed by atoms with Gasteiger partial charge < -0.3 is 5.32 Å². The highest BCUT2D eigenvalue weighted by Gasteiger charge is 2.27. The van der Waals surface area contributed by atoms with Gasteiger partial charge in [-0.3, -0.25) is 14.9 Å². The zero-order chi connectivity index (χ0) is 15.6. The Labute approximate surface area is 125 Å². The topological polar surface area (TPSA) is 119 Å². The fraction of sp³-hybridized carbons (Fsp3) is 0.455. The number of carbonyl (C=O) groups is 1. The largest absolute Gasteiger partial charge is 0.348 e. The SMILES string of the molecule is O=C(NC1CCCS(=O)(=O)C1)c1cc([N+](=O)[O-])cnc1Cl. The molecule has 1 fully saturated rings. The molecule has 1 aliphatic rings. The minimum Gasteiger partial charge on any atom is -0.348 e. The Bertz CT molecular complexity index is 691. The maximum absolute atomic E-state index is 12.1. The molecule has 0 aromatic carbocycles. The number of hydrogen-bond donors (Lipinski definition) is 1. The highest BCUT2D eigenvalue weighted by molar-refractivity contribution is 7.91. The molecule has 0 radical (unpaired) electrons. The lowest BCUT2D eigenvalue weighted by molar-refractivity contribution is -0.385. The van der Waals surface area contributed by atoms with Gasteiger partial charge in [-0.1, -0.05) is 11.6 Å². The molecule has 0 bridgehead atoms. The van der Waals surface area contributed by atoms with Gasteiger partial charge >= 0.3 is 0 Å². The van der Waals surface area contributed by atoms with Gasteiger partial charge in [0.1, 0.15) is 11.3 Å². The summed E-state index contributed by atoms with van der Waals surface area (Å²) in [6, 6.07) is 0.494. The Hall–Kier alpha value is -1.74. The molecule has 0 aliphatic carbocycles. The van der Waals surface area contributed by atoms with Crippen LogP contribution in [0.15, 0.2) is 12.3 Å². The molecule has 8 nitrogen and oxygen atoms in total. The fourth-order valence-corrected chi connectivity index (χ4v) is 3.92. The predicted octanol–water partition coefficient (Wildman–Crippen LogP) is 0.950. The van der Waals surface area contributed by atoms with Crippen LogP contribution in [0, 0.1) is 10.1 Å². The summed E-state index contributed by atoms with van der Waals surface area (Å²) in [7, 11) is -3.16. The molecule has 10 heteroatoms. The van der Waals surface area contributed by atoms with E-state index in [-0.39, 0.29) is 27.9 Å². The van der Waals surface area contributed by atoms with E-state index in [1.165, 1.54) is 0 Å². The predicted molar refractivity (Wildman–Crippen MR) is 75.0 cm³/mol. The zero-order valence-corrected chi connectivity index (χ0v) is 12.4. The highest BCUT2D eigenvalue weighted by Crippen LogP contribution is 2.20. The quantitative estimate of drug-likeness (QED) is 0.499. The standard InChI is InChI=1S/C11H12ClN3O5S/c12-10-9(4-8(5-13-10)15(17)18)11(16)14-7-2-1-3-21(19,20)6-7/h4-5,7H,1-3,6H2,(H,14,16). The average Bonchev–Trinajstić information content (AvgIpc) is 2.37. The molecule has 0 saturated carbocycles. The minimum atomic E-state index is -3.16.